The van der Waals surface area contributed by atoms with Gasteiger partial charge in [-0.05, 0) is 25.7 Å². The lowest BCUT2D eigenvalue weighted by Crippen LogP contribution is -2.31. The lowest BCUT2D eigenvalue weighted by Gasteiger charge is -2.25. The van der Waals surface area contributed by atoms with Crippen molar-refractivity contribution in [3.05, 3.63) is 5.82 Å². The van der Waals surface area contributed by atoms with Crippen molar-refractivity contribution in [2.24, 2.45) is 5.73 Å². The van der Waals surface area contributed by atoms with Crippen LogP contribution < -0.4 is 10.5 Å². The Labute approximate surface area is 94.0 Å². The van der Waals surface area contributed by atoms with Crippen molar-refractivity contribution in [3.8, 4) is 5.19 Å². The van der Waals surface area contributed by atoms with Gasteiger partial charge in [0.05, 0.1) is 0 Å². The van der Waals surface area contributed by atoms with Crippen molar-refractivity contribution in [1.29, 1.82) is 0 Å². The molecule has 2 rings (SSSR count). The smallest absolute Gasteiger partial charge is 0.293 e. The molecule has 1 aromatic heterocycles. The zero-order valence-corrected chi connectivity index (χ0v) is 9.80. The molecule has 2 N–H and O–H groups in total. The van der Waals surface area contributed by atoms with Crippen molar-refractivity contribution in [2.75, 3.05) is 0 Å². The predicted octanol–water partition coefficient (Wildman–Crippen LogP) is 1.75. The molecule has 4 nitrogen and oxygen atoms in total. The SMILES string of the molecule is CCc1nsc(OC2CCC(N)CC2)n1. The highest BCUT2D eigenvalue weighted by molar-refractivity contribution is 7.07. The Morgan fingerprint density at radius 2 is 2.13 bits per heavy atom. The second kappa shape index (κ2) is 4.90. The summed E-state index contributed by atoms with van der Waals surface area (Å²) in [4.78, 5) is 4.30. The third kappa shape index (κ3) is 2.89. The molecule has 0 aromatic carbocycles. The van der Waals surface area contributed by atoms with Crippen molar-refractivity contribution >= 4 is 11.5 Å². The molecule has 1 aliphatic rings. The van der Waals surface area contributed by atoms with Gasteiger partial charge < -0.3 is 10.5 Å². The first-order valence-corrected chi connectivity index (χ1v) is 6.30. The van der Waals surface area contributed by atoms with E-state index in [2.05, 4.69) is 9.36 Å². The highest BCUT2D eigenvalue weighted by Gasteiger charge is 2.20. The van der Waals surface area contributed by atoms with Crippen LogP contribution >= 0.6 is 11.5 Å². The van der Waals surface area contributed by atoms with Crippen molar-refractivity contribution in [2.45, 2.75) is 51.2 Å². The number of ether oxygens (including phenoxy) is 1. The minimum absolute atomic E-state index is 0.294. The second-order valence-electron chi connectivity index (χ2n) is 3.98. The maximum Gasteiger partial charge on any atom is 0.293 e. The van der Waals surface area contributed by atoms with Gasteiger partial charge in [-0.25, -0.2) is 0 Å². The summed E-state index contributed by atoms with van der Waals surface area (Å²) in [5, 5.41) is 0.715. The second-order valence-corrected chi connectivity index (χ2v) is 4.70. The van der Waals surface area contributed by atoms with Crippen LogP contribution in [0.5, 0.6) is 5.19 Å². The Morgan fingerprint density at radius 3 is 2.73 bits per heavy atom. The molecule has 0 bridgehead atoms. The average molecular weight is 227 g/mol. The largest absolute Gasteiger partial charge is 0.466 e. The number of nitrogens with two attached hydrogens (primary N) is 1. The first-order valence-electron chi connectivity index (χ1n) is 5.52. The van der Waals surface area contributed by atoms with Gasteiger partial charge in [-0.2, -0.15) is 9.36 Å². The maximum absolute atomic E-state index is 5.84. The molecule has 15 heavy (non-hydrogen) atoms. The van der Waals surface area contributed by atoms with E-state index >= 15 is 0 Å². The Bertz CT molecular complexity index is 307. The van der Waals surface area contributed by atoms with Gasteiger partial charge in [0, 0.05) is 24.0 Å². The third-order valence-electron chi connectivity index (χ3n) is 2.75. The first-order chi connectivity index (χ1) is 7.28. The molecular formula is C10H17N3OS. The van der Waals surface area contributed by atoms with Gasteiger partial charge in [0.15, 0.2) is 0 Å². The Balaban J connectivity index is 1.86. The lowest BCUT2D eigenvalue weighted by molar-refractivity contribution is 0.146. The van der Waals surface area contributed by atoms with Gasteiger partial charge >= 0.3 is 0 Å². The Hall–Kier alpha value is -0.680. The van der Waals surface area contributed by atoms with Crippen LogP contribution in [0, 0.1) is 0 Å². The van der Waals surface area contributed by atoms with E-state index in [0.29, 0.717) is 17.3 Å². The molecule has 5 heteroatoms. The first kappa shape index (κ1) is 10.8. The molecule has 1 aromatic rings. The monoisotopic (exact) mass is 227 g/mol. The summed E-state index contributed by atoms with van der Waals surface area (Å²) in [6.07, 6.45) is 5.37. The van der Waals surface area contributed by atoms with Gasteiger partial charge in [0.1, 0.15) is 11.9 Å². The summed E-state index contributed by atoms with van der Waals surface area (Å²) in [7, 11) is 0. The fourth-order valence-electron chi connectivity index (χ4n) is 1.78. The maximum atomic E-state index is 5.84. The molecule has 0 atom stereocenters. The van der Waals surface area contributed by atoms with Crippen LogP contribution in [-0.4, -0.2) is 21.5 Å². The highest BCUT2D eigenvalue weighted by atomic mass is 32.1. The zero-order valence-electron chi connectivity index (χ0n) is 8.98. The van der Waals surface area contributed by atoms with Gasteiger partial charge in [0.25, 0.3) is 5.19 Å². The van der Waals surface area contributed by atoms with Crippen molar-refractivity contribution < 1.29 is 4.74 Å². The Kier molecular flexibility index (Phi) is 3.53. The number of aryl methyl sites for hydroxylation is 1. The van der Waals surface area contributed by atoms with Gasteiger partial charge in [-0.15, -0.1) is 0 Å². The standard InChI is InChI=1S/C10H17N3OS/c1-2-9-12-10(15-13-9)14-8-5-3-7(11)4-6-8/h7-8H,2-6,11H2,1H3. The fourth-order valence-corrected chi connectivity index (χ4v) is 2.46. The quantitative estimate of drug-likeness (QED) is 0.854. The van der Waals surface area contributed by atoms with E-state index in [0.717, 1.165) is 37.9 Å². The van der Waals surface area contributed by atoms with Crippen LogP contribution in [0.2, 0.25) is 0 Å². The zero-order chi connectivity index (χ0) is 10.7. The van der Waals surface area contributed by atoms with Crippen LogP contribution in [-0.2, 0) is 6.42 Å². The van der Waals surface area contributed by atoms with Gasteiger partial charge in [-0.1, -0.05) is 6.92 Å². The molecule has 1 aliphatic carbocycles. The third-order valence-corrected chi connectivity index (χ3v) is 3.40. The number of aromatic nitrogens is 2. The summed E-state index contributed by atoms with van der Waals surface area (Å²) in [6, 6.07) is 0.366. The molecular weight excluding hydrogens is 210 g/mol. The van der Waals surface area contributed by atoms with Crippen LogP contribution in [0.4, 0.5) is 0 Å². The molecule has 1 heterocycles. The van der Waals surface area contributed by atoms with E-state index in [9.17, 15) is 0 Å². The average Bonchev–Trinajstić information content (AvgIpc) is 2.69. The molecule has 0 radical (unpaired) electrons. The molecule has 0 saturated heterocycles. The van der Waals surface area contributed by atoms with Gasteiger partial charge in [0.2, 0.25) is 0 Å². The van der Waals surface area contributed by atoms with E-state index in [1.165, 1.54) is 11.5 Å². The lowest BCUT2D eigenvalue weighted by atomic mass is 9.94. The van der Waals surface area contributed by atoms with E-state index in [4.69, 9.17) is 10.5 Å². The molecule has 0 unspecified atom stereocenters. The number of hydrogen-bond donors (Lipinski definition) is 1. The number of nitrogens with zero attached hydrogens (tertiary/aromatic N) is 2. The predicted molar refractivity (Wildman–Crippen MR) is 60.1 cm³/mol. The minimum atomic E-state index is 0.294. The summed E-state index contributed by atoms with van der Waals surface area (Å²) >= 11 is 1.35. The highest BCUT2D eigenvalue weighted by Crippen LogP contribution is 2.24. The van der Waals surface area contributed by atoms with Crippen LogP contribution in [0.1, 0.15) is 38.4 Å². The number of rotatable bonds is 3. The normalized spacial score (nSPS) is 26.5. The number of hydrogen-bond acceptors (Lipinski definition) is 5. The van der Waals surface area contributed by atoms with Gasteiger partial charge in [-0.3, -0.25) is 0 Å². The molecule has 0 amide bonds. The van der Waals surface area contributed by atoms with Crippen LogP contribution in [0.3, 0.4) is 0 Å². The molecule has 0 spiro atoms. The molecule has 1 fully saturated rings. The topological polar surface area (TPSA) is 61.0 Å². The van der Waals surface area contributed by atoms with E-state index < -0.39 is 0 Å². The molecule has 0 aliphatic heterocycles. The fraction of sp³-hybridized carbons (Fsp3) is 0.800. The van der Waals surface area contributed by atoms with E-state index in [1.54, 1.807) is 0 Å². The molecule has 1 saturated carbocycles. The van der Waals surface area contributed by atoms with Crippen molar-refractivity contribution in [3.63, 3.8) is 0 Å². The summed E-state index contributed by atoms with van der Waals surface area (Å²) in [5.74, 6) is 0.877. The van der Waals surface area contributed by atoms with Crippen LogP contribution in [0.15, 0.2) is 0 Å². The Morgan fingerprint density at radius 1 is 1.40 bits per heavy atom. The van der Waals surface area contributed by atoms with Crippen LogP contribution in [0.25, 0.3) is 0 Å². The summed E-state index contributed by atoms with van der Waals surface area (Å²) < 4.78 is 9.97. The van der Waals surface area contributed by atoms with E-state index in [-0.39, 0.29) is 0 Å². The van der Waals surface area contributed by atoms with Crippen molar-refractivity contribution in [1.82, 2.24) is 9.36 Å². The summed E-state index contributed by atoms with van der Waals surface area (Å²) in [6.45, 7) is 2.05. The molecule has 84 valence electrons. The van der Waals surface area contributed by atoms with E-state index in [1.807, 2.05) is 6.92 Å². The minimum Gasteiger partial charge on any atom is -0.466 e. The summed E-state index contributed by atoms with van der Waals surface area (Å²) in [5.41, 5.74) is 5.84.